The normalized spacial score (nSPS) is 22.8. The molecule has 0 aromatic carbocycles. The number of carbonyl (C=O) groups excluding carboxylic acids is 1. The van der Waals surface area contributed by atoms with E-state index in [2.05, 4.69) is 5.32 Å². The molecule has 1 fully saturated rings. The summed E-state index contributed by atoms with van der Waals surface area (Å²) < 4.78 is 5.21. The molecule has 0 aromatic heterocycles. The molecule has 1 aliphatic rings. The molecule has 1 saturated heterocycles. The Morgan fingerprint density at radius 2 is 2.14 bits per heavy atom. The Morgan fingerprint density at radius 1 is 1.57 bits per heavy atom. The Morgan fingerprint density at radius 3 is 2.64 bits per heavy atom. The standard InChI is InChI=1S/C10H20N2O2/c1-3-10(2,11)9(13)12-8-4-6-14-7-5-8/h8H,3-7,11H2,1-2H3,(H,12,13). The fraction of sp³-hybridized carbons (Fsp3) is 0.900. The number of nitrogens with one attached hydrogen (secondary N) is 1. The molecule has 0 aliphatic carbocycles. The maximum Gasteiger partial charge on any atom is 0.240 e. The van der Waals surface area contributed by atoms with Gasteiger partial charge in [0.15, 0.2) is 0 Å². The van der Waals surface area contributed by atoms with Gasteiger partial charge in [0.05, 0.1) is 5.54 Å². The Balaban J connectivity index is 2.39. The van der Waals surface area contributed by atoms with E-state index in [0.717, 1.165) is 26.1 Å². The quantitative estimate of drug-likeness (QED) is 0.693. The minimum absolute atomic E-state index is 0.0492. The number of ether oxygens (including phenoxy) is 1. The van der Waals surface area contributed by atoms with E-state index in [-0.39, 0.29) is 11.9 Å². The zero-order valence-electron chi connectivity index (χ0n) is 9.01. The van der Waals surface area contributed by atoms with Crippen LogP contribution in [0.2, 0.25) is 0 Å². The van der Waals surface area contributed by atoms with Crippen molar-refractivity contribution < 1.29 is 9.53 Å². The van der Waals surface area contributed by atoms with Crippen molar-refractivity contribution in [1.82, 2.24) is 5.32 Å². The van der Waals surface area contributed by atoms with Crippen molar-refractivity contribution in [1.29, 1.82) is 0 Å². The summed E-state index contributed by atoms with van der Waals surface area (Å²) in [5.74, 6) is -0.0492. The molecule has 3 N–H and O–H groups in total. The third-order valence-electron chi connectivity index (χ3n) is 2.81. The van der Waals surface area contributed by atoms with E-state index in [1.165, 1.54) is 0 Å². The summed E-state index contributed by atoms with van der Waals surface area (Å²) in [6, 6.07) is 0.241. The number of amides is 1. The van der Waals surface area contributed by atoms with E-state index in [1.807, 2.05) is 6.92 Å². The van der Waals surface area contributed by atoms with Crippen LogP contribution in [-0.2, 0) is 9.53 Å². The summed E-state index contributed by atoms with van der Waals surface area (Å²) in [5.41, 5.74) is 5.10. The van der Waals surface area contributed by atoms with Crippen molar-refractivity contribution in [2.75, 3.05) is 13.2 Å². The van der Waals surface area contributed by atoms with E-state index >= 15 is 0 Å². The predicted molar refractivity (Wildman–Crippen MR) is 54.9 cm³/mol. The maximum absolute atomic E-state index is 11.7. The molecule has 0 bridgehead atoms. The second kappa shape index (κ2) is 4.75. The second-order valence-corrected chi connectivity index (χ2v) is 4.13. The van der Waals surface area contributed by atoms with Crippen LogP contribution in [0.1, 0.15) is 33.1 Å². The van der Waals surface area contributed by atoms with Crippen LogP contribution < -0.4 is 11.1 Å². The minimum atomic E-state index is -0.738. The minimum Gasteiger partial charge on any atom is -0.381 e. The molecule has 0 saturated carbocycles. The molecule has 1 aliphatic heterocycles. The van der Waals surface area contributed by atoms with Crippen molar-refractivity contribution in [3.05, 3.63) is 0 Å². The molecule has 1 heterocycles. The fourth-order valence-corrected chi connectivity index (χ4v) is 1.35. The van der Waals surface area contributed by atoms with Gasteiger partial charge in [-0.15, -0.1) is 0 Å². The highest BCUT2D eigenvalue weighted by molar-refractivity contribution is 5.85. The molecule has 14 heavy (non-hydrogen) atoms. The molecule has 1 rings (SSSR count). The number of nitrogens with two attached hydrogens (primary N) is 1. The van der Waals surface area contributed by atoms with Crippen LogP contribution >= 0.6 is 0 Å². The molecule has 4 heteroatoms. The molecule has 4 nitrogen and oxygen atoms in total. The third kappa shape index (κ3) is 2.96. The number of rotatable bonds is 3. The van der Waals surface area contributed by atoms with Crippen LogP contribution in [-0.4, -0.2) is 30.7 Å². The van der Waals surface area contributed by atoms with E-state index in [4.69, 9.17) is 10.5 Å². The Kier molecular flexibility index (Phi) is 3.89. The smallest absolute Gasteiger partial charge is 0.240 e. The summed E-state index contributed by atoms with van der Waals surface area (Å²) in [7, 11) is 0. The molecule has 1 amide bonds. The SMILES string of the molecule is CCC(C)(N)C(=O)NC1CCOCC1. The van der Waals surface area contributed by atoms with Gasteiger partial charge in [-0.3, -0.25) is 4.79 Å². The third-order valence-corrected chi connectivity index (χ3v) is 2.81. The van der Waals surface area contributed by atoms with Gasteiger partial charge in [0.25, 0.3) is 0 Å². The van der Waals surface area contributed by atoms with Gasteiger partial charge >= 0.3 is 0 Å². The molecular weight excluding hydrogens is 180 g/mol. The Bertz CT molecular complexity index is 198. The first-order valence-electron chi connectivity index (χ1n) is 5.24. The van der Waals surface area contributed by atoms with E-state index in [1.54, 1.807) is 6.92 Å². The summed E-state index contributed by atoms with van der Waals surface area (Å²) >= 11 is 0. The van der Waals surface area contributed by atoms with Crippen molar-refractivity contribution in [3.63, 3.8) is 0 Å². The van der Waals surface area contributed by atoms with Gasteiger partial charge in [-0.25, -0.2) is 0 Å². The van der Waals surface area contributed by atoms with Crippen LogP contribution in [0.4, 0.5) is 0 Å². The largest absolute Gasteiger partial charge is 0.381 e. The average Bonchev–Trinajstić information content (AvgIpc) is 2.19. The average molecular weight is 200 g/mol. The summed E-state index contributed by atoms with van der Waals surface area (Å²) in [6.45, 7) is 5.15. The lowest BCUT2D eigenvalue weighted by Gasteiger charge is -2.28. The highest BCUT2D eigenvalue weighted by Gasteiger charge is 2.28. The first-order valence-corrected chi connectivity index (χ1v) is 5.24. The first kappa shape index (κ1) is 11.5. The van der Waals surface area contributed by atoms with E-state index in [0.29, 0.717) is 6.42 Å². The molecular formula is C10H20N2O2. The van der Waals surface area contributed by atoms with E-state index in [9.17, 15) is 4.79 Å². The fourth-order valence-electron chi connectivity index (χ4n) is 1.35. The summed E-state index contributed by atoms with van der Waals surface area (Å²) in [4.78, 5) is 11.7. The van der Waals surface area contributed by atoms with Crippen LogP contribution in [0, 0.1) is 0 Å². The Hall–Kier alpha value is -0.610. The molecule has 1 unspecified atom stereocenters. The highest BCUT2D eigenvalue weighted by Crippen LogP contribution is 2.10. The van der Waals surface area contributed by atoms with Crippen LogP contribution in [0.3, 0.4) is 0 Å². The van der Waals surface area contributed by atoms with Gasteiger partial charge < -0.3 is 15.8 Å². The number of hydrogen-bond acceptors (Lipinski definition) is 3. The van der Waals surface area contributed by atoms with Crippen LogP contribution in [0.25, 0.3) is 0 Å². The van der Waals surface area contributed by atoms with Gasteiger partial charge in [0.1, 0.15) is 0 Å². The molecule has 0 spiro atoms. The highest BCUT2D eigenvalue weighted by atomic mass is 16.5. The molecule has 0 radical (unpaired) electrons. The number of hydrogen-bond donors (Lipinski definition) is 2. The van der Waals surface area contributed by atoms with Crippen molar-refractivity contribution in [2.45, 2.75) is 44.7 Å². The summed E-state index contributed by atoms with van der Waals surface area (Å²) in [5, 5.41) is 2.97. The van der Waals surface area contributed by atoms with E-state index < -0.39 is 5.54 Å². The lowest BCUT2D eigenvalue weighted by Crippen LogP contribution is -2.54. The van der Waals surface area contributed by atoms with Crippen molar-refractivity contribution >= 4 is 5.91 Å². The zero-order valence-corrected chi connectivity index (χ0v) is 9.01. The van der Waals surface area contributed by atoms with Gasteiger partial charge in [-0.1, -0.05) is 6.92 Å². The first-order chi connectivity index (χ1) is 6.56. The Labute approximate surface area is 85.2 Å². The topological polar surface area (TPSA) is 64.4 Å². The van der Waals surface area contributed by atoms with Crippen molar-refractivity contribution in [2.24, 2.45) is 5.73 Å². The van der Waals surface area contributed by atoms with Crippen LogP contribution in [0.5, 0.6) is 0 Å². The lowest BCUT2D eigenvalue weighted by molar-refractivity contribution is -0.127. The van der Waals surface area contributed by atoms with Crippen molar-refractivity contribution in [3.8, 4) is 0 Å². The molecule has 82 valence electrons. The van der Waals surface area contributed by atoms with Gasteiger partial charge in [-0.05, 0) is 26.2 Å². The van der Waals surface area contributed by atoms with Crippen LogP contribution in [0.15, 0.2) is 0 Å². The lowest BCUT2D eigenvalue weighted by atomic mass is 9.98. The van der Waals surface area contributed by atoms with Gasteiger partial charge in [0.2, 0.25) is 5.91 Å². The van der Waals surface area contributed by atoms with Gasteiger partial charge in [-0.2, -0.15) is 0 Å². The molecule has 1 atom stereocenters. The second-order valence-electron chi connectivity index (χ2n) is 4.13. The maximum atomic E-state index is 11.7. The monoisotopic (exact) mass is 200 g/mol. The number of carbonyl (C=O) groups is 1. The van der Waals surface area contributed by atoms with Gasteiger partial charge in [0, 0.05) is 19.3 Å². The zero-order chi connectivity index (χ0) is 10.6. The molecule has 0 aromatic rings. The summed E-state index contributed by atoms with van der Waals surface area (Å²) in [6.07, 6.45) is 2.44. The predicted octanol–water partition coefficient (Wildman–Crippen LogP) is 0.409.